The second-order valence-electron chi connectivity index (χ2n) is 7.50. The molecule has 12 heteroatoms. The van der Waals surface area contributed by atoms with Crippen LogP contribution in [0, 0.1) is 5.92 Å². The lowest BCUT2D eigenvalue weighted by atomic mass is 10.0. The Morgan fingerprint density at radius 2 is 2.00 bits per heavy atom. The summed E-state index contributed by atoms with van der Waals surface area (Å²) in [5.74, 6) is -2.04. The van der Waals surface area contributed by atoms with Gasteiger partial charge in [0.25, 0.3) is 5.91 Å². The van der Waals surface area contributed by atoms with Gasteiger partial charge in [0.1, 0.15) is 6.17 Å². The van der Waals surface area contributed by atoms with Crippen LogP contribution in [0.1, 0.15) is 24.2 Å². The molecule has 0 bridgehead atoms. The first-order valence-electron chi connectivity index (χ1n) is 9.86. The number of fused-ring (bicyclic) bond motifs is 1. The maximum absolute atomic E-state index is 14.2. The van der Waals surface area contributed by atoms with Crippen LogP contribution in [-0.4, -0.2) is 72.5 Å². The normalized spacial score (nSPS) is 13.5. The van der Waals surface area contributed by atoms with Crippen molar-refractivity contribution in [1.82, 2.24) is 24.9 Å². The molecule has 3 aromatic heterocycles. The molecule has 10 nitrogen and oxygen atoms in total. The molecule has 2 unspecified atom stereocenters. The van der Waals surface area contributed by atoms with Crippen LogP contribution in [-0.2, 0) is 0 Å². The van der Waals surface area contributed by atoms with Gasteiger partial charge < -0.3 is 26.0 Å². The molecule has 0 aromatic carbocycles. The van der Waals surface area contributed by atoms with E-state index in [4.69, 9.17) is 26.9 Å². The quantitative estimate of drug-likeness (QED) is 0.296. The summed E-state index contributed by atoms with van der Waals surface area (Å²) in [6.45, 7) is 2.51. The van der Waals surface area contributed by atoms with Gasteiger partial charge in [-0.2, -0.15) is 5.10 Å². The highest BCUT2D eigenvalue weighted by Gasteiger charge is 2.27. The second kappa shape index (κ2) is 10.2. The number of nitrogens with zero attached hydrogens (tertiary/aromatic N) is 4. The Balaban J connectivity index is 1.87. The van der Waals surface area contributed by atoms with E-state index < -0.39 is 37.4 Å². The van der Waals surface area contributed by atoms with E-state index in [0.717, 1.165) is 0 Å². The van der Waals surface area contributed by atoms with Gasteiger partial charge in [0, 0.05) is 25.0 Å². The third-order valence-electron chi connectivity index (χ3n) is 4.71. The summed E-state index contributed by atoms with van der Waals surface area (Å²) < 4.78 is 15.7. The number of carbonyl (C=O) groups is 1. The largest absolute Gasteiger partial charge is 0.396 e. The smallest absolute Gasteiger partial charge is 0.255 e. The number of aliphatic hydroxyl groups is 3. The number of aliphatic hydroxyl groups excluding tert-OH is 2. The van der Waals surface area contributed by atoms with Gasteiger partial charge in [-0.3, -0.25) is 9.78 Å². The molecule has 2 atom stereocenters. The summed E-state index contributed by atoms with van der Waals surface area (Å²) in [4.78, 5) is 21.3. The van der Waals surface area contributed by atoms with Crippen LogP contribution in [0.4, 0.5) is 10.1 Å². The number of hydrogen-bond acceptors (Lipinski definition) is 8. The summed E-state index contributed by atoms with van der Waals surface area (Å²) in [7, 11) is 0. The first-order valence-corrected chi connectivity index (χ1v) is 10.2. The Labute approximate surface area is 188 Å². The Bertz CT molecular complexity index is 1090. The zero-order valence-electron chi connectivity index (χ0n) is 17.4. The average Bonchev–Trinajstić information content (AvgIpc) is 3.14. The monoisotopic (exact) mass is 466 g/mol. The summed E-state index contributed by atoms with van der Waals surface area (Å²) in [6.07, 6.45) is 2.15. The predicted octanol–water partition coefficient (Wildman–Crippen LogP) is 1.25. The number of amides is 1. The minimum Gasteiger partial charge on any atom is -0.396 e. The topological polar surface area (TPSA) is 145 Å². The van der Waals surface area contributed by atoms with Crippen LogP contribution in [0.2, 0.25) is 5.02 Å². The molecule has 0 aliphatic rings. The van der Waals surface area contributed by atoms with Crippen LogP contribution >= 0.6 is 11.6 Å². The van der Waals surface area contributed by atoms with Gasteiger partial charge in [0.05, 0.1) is 52.4 Å². The number of pyridine rings is 1. The molecule has 0 spiro atoms. The molecule has 0 fully saturated rings. The van der Waals surface area contributed by atoms with Gasteiger partial charge >= 0.3 is 0 Å². The molecule has 3 heterocycles. The number of aromatic nitrogens is 4. The van der Waals surface area contributed by atoms with Crippen molar-refractivity contribution in [2.45, 2.75) is 32.4 Å². The van der Waals surface area contributed by atoms with E-state index in [1.165, 1.54) is 16.9 Å². The van der Waals surface area contributed by atoms with E-state index in [0.29, 0.717) is 27.6 Å². The van der Waals surface area contributed by atoms with E-state index in [2.05, 4.69) is 25.7 Å². The van der Waals surface area contributed by atoms with Crippen LogP contribution < -0.4 is 10.6 Å². The lowest BCUT2D eigenvalue weighted by Crippen LogP contribution is -2.40. The van der Waals surface area contributed by atoms with Gasteiger partial charge in [-0.1, -0.05) is 11.6 Å². The number of rotatable bonds is 9. The van der Waals surface area contributed by atoms with Crippen molar-refractivity contribution in [1.29, 1.82) is 0 Å². The van der Waals surface area contributed by atoms with E-state index in [-0.39, 0.29) is 11.6 Å². The van der Waals surface area contributed by atoms with Crippen molar-refractivity contribution in [3.63, 3.8) is 0 Å². The summed E-state index contributed by atoms with van der Waals surface area (Å²) in [5, 5.41) is 37.6. The Morgan fingerprint density at radius 1 is 1.25 bits per heavy atom. The number of halogens is 2. The van der Waals surface area contributed by atoms with Gasteiger partial charge in [-0.25, -0.2) is 13.9 Å². The average molecular weight is 467 g/mol. The van der Waals surface area contributed by atoms with Crippen molar-refractivity contribution in [3.8, 4) is 11.3 Å². The molecule has 3 aromatic rings. The first-order chi connectivity index (χ1) is 15.2. The third kappa shape index (κ3) is 5.30. The first kappa shape index (κ1) is 23.8. The number of nitrogens with one attached hydrogen (secondary N) is 2. The van der Waals surface area contributed by atoms with Crippen LogP contribution in [0.3, 0.4) is 0 Å². The number of alkyl halides is 1. The Hall–Kier alpha value is -2.86. The van der Waals surface area contributed by atoms with Crippen molar-refractivity contribution in [3.05, 3.63) is 41.4 Å². The van der Waals surface area contributed by atoms with Gasteiger partial charge in [0.2, 0.25) is 0 Å². The fourth-order valence-corrected chi connectivity index (χ4v) is 3.22. The SMILES string of the molecule is CC(C)Nc1cc(-c2cnn3cc(Cl)cnc23)ncc1C(=O)NCC(F)C(CO)C(O)O. The summed E-state index contributed by atoms with van der Waals surface area (Å²) in [6, 6.07) is 1.65. The zero-order valence-corrected chi connectivity index (χ0v) is 18.2. The third-order valence-corrected chi connectivity index (χ3v) is 4.90. The molecular weight excluding hydrogens is 443 g/mol. The van der Waals surface area contributed by atoms with Gasteiger partial charge in [0.15, 0.2) is 11.9 Å². The fourth-order valence-electron chi connectivity index (χ4n) is 3.08. The van der Waals surface area contributed by atoms with Crippen LogP contribution in [0.25, 0.3) is 16.9 Å². The van der Waals surface area contributed by atoms with E-state index in [9.17, 15) is 9.18 Å². The fraction of sp³-hybridized carbons (Fsp3) is 0.400. The summed E-state index contributed by atoms with van der Waals surface area (Å²) in [5.41, 5.74) is 2.32. The van der Waals surface area contributed by atoms with E-state index in [1.54, 1.807) is 18.5 Å². The summed E-state index contributed by atoms with van der Waals surface area (Å²) >= 11 is 5.95. The molecule has 32 heavy (non-hydrogen) atoms. The van der Waals surface area contributed by atoms with Crippen LogP contribution in [0.15, 0.2) is 30.9 Å². The standard InChI is InChI=1S/C20H24ClFN6O4/c1-10(2)27-17-3-16(12-6-26-28-8-11(21)4-24-18(12)28)23-5-13(17)19(30)25-7-15(22)14(9-29)20(31)32/h3-6,8,10,14-15,20,29,31-32H,7,9H2,1-2H3,(H,23,27)(H,25,30). The minimum absolute atomic E-state index is 0.0186. The van der Waals surface area contributed by atoms with Gasteiger partial charge in [-0.05, 0) is 19.9 Å². The molecule has 1 amide bonds. The molecular formula is C20H24ClFN6O4. The molecule has 3 rings (SSSR count). The number of hydrogen-bond donors (Lipinski definition) is 5. The molecule has 0 saturated carbocycles. The van der Waals surface area contributed by atoms with Crippen molar-refractivity contribution >= 4 is 28.8 Å². The molecule has 172 valence electrons. The molecule has 0 aliphatic heterocycles. The molecule has 0 radical (unpaired) electrons. The second-order valence-corrected chi connectivity index (χ2v) is 7.94. The lowest BCUT2D eigenvalue weighted by molar-refractivity contribution is -0.117. The number of anilines is 1. The zero-order chi connectivity index (χ0) is 23.4. The van der Waals surface area contributed by atoms with Crippen molar-refractivity contribution in [2.24, 2.45) is 5.92 Å². The van der Waals surface area contributed by atoms with E-state index >= 15 is 0 Å². The highest BCUT2D eigenvalue weighted by molar-refractivity contribution is 6.30. The van der Waals surface area contributed by atoms with Crippen molar-refractivity contribution < 1.29 is 24.5 Å². The maximum Gasteiger partial charge on any atom is 0.255 e. The molecule has 0 saturated heterocycles. The number of carbonyl (C=O) groups excluding carboxylic acids is 1. The predicted molar refractivity (Wildman–Crippen MR) is 116 cm³/mol. The molecule has 0 aliphatic carbocycles. The Kier molecular flexibility index (Phi) is 7.56. The van der Waals surface area contributed by atoms with Crippen LogP contribution in [0.5, 0.6) is 0 Å². The van der Waals surface area contributed by atoms with Crippen molar-refractivity contribution in [2.75, 3.05) is 18.5 Å². The molecule has 5 N–H and O–H groups in total. The highest BCUT2D eigenvalue weighted by Crippen LogP contribution is 2.27. The van der Waals surface area contributed by atoms with E-state index in [1.807, 2.05) is 13.8 Å². The highest BCUT2D eigenvalue weighted by atomic mass is 35.5. The Morgan fingerprint density at radius 3 is 2.66 bits per heavy atom. The van der Waals surface area contributed by atoms with Gasteiger partial charge in [-0.15, -0.1) is 0 Å². The lowest BCUT2D eigenvalue weighted by Gasteiger charge is -2.21. The minimum atomic E-state index is -2.04. The maximum atomic E-state index is 14.2.